The van der Waals surface area contributed by atoms with Crippen LogP contribution in [0.4, 0.5) is 4.39 Å². The molecule has 0 aliphatic carbocycles. The van der Waals surface area contributed by atoms with Gasteiger partial charge in [-0.2, -0.15) is 0 Å². The Hall–Kier alpha value is -1.39. The zero-order chi connectivity index (χ0) is 14.7. The Kier molecular flexibility index (Phi) is 4.78. The van der Waals surface area contributed by atoms with Crippen molar-refractivity contribution in [1.29, 1.82) is 0 Å². The number of hydrogen-bond donors (Lipinski definition) is 1. The number of halogens is 2. The molecule has 0 radical (unpaired) electrons. The van der Waals surface area contributed by atoms with Gasteiger partial charge in [0.1, 0.15) is 0 Å². The predicted octanol–water partition coefficient (Wildman–Crippen LogP) is 4.15. The zero-order valence-electron chi connectivity index (χ0n) is 11.5. The van der Waals surface area contributed by atoms with E-state index in [0.29, 0.717) is 12.0 Å². The number of rotatable bonds is 4. The fourth-order valence-electron chi connectivity index (χ4n) is 2.27. The van der Waals surface area contributed by atoms with Crippen LogP contribution in [0, 0.1) is 12.7 Å². The minimum absolute atomic E-state index is 0.246. The second kappa shape index (κ2) is 6.37. The maximum Gasteiger partial charge on any atom is 0.168 e. The van der Waals surface area contributed by atoms with Crippen molar-refractivity contribution >= 4 is 15.9 Å². The Morgan fingerprint density at radius 1 is 1.30 bits per heavy atom. The first-order valence-corrected chi connectivity index (χ1v) is 7.15. The lowest BCUT2D eigenvalue weighted by atomic mass is 9.96. The Morgan fingerprint density at radius 2 is 2.05 bits per heavy atom. The zero-order valence-corrected chi connectivity index (χ0v) is 13.1. The second-order valence-corrected chi connectivity index (χ2v) is 5.66. The van der Waals surface area contributed by atoms with Gasteiger partial charge >= 0.3 is 0 Å². The molecule has 0 amide bonds. The first-order chi connectivity index (χ1) is 9.52. The molecule has 2 nitrogen and oxygen atoms in total. The summed E-state index contributed by atoms with van der Waals surface area (Å²) in [5.74, 6) is -0.0811. The molecule has 0 aliphatic rings. The maximum atomic E-state index is 14.1. The van der Waals surface area contributed by atoms with Crippen LogP contribution in [0.5, 0.6) is 5.75 Å². The topological polar surface area (TPSA) is 35.2 Å². The predicted molar refractivity (Wildman–Crippen MR) is 82.5 cm³/mol. The van der Waals surface area contributed by atoms with E-state index in [2.05, 4.69) is 15.9 Å². The van der Waals surface area contributed by atoms with E-state index < -0.39 is 0 Å². The third-order valence-corrected chi connectivity index (χ3v) is 3.83. The minimum atomic E-state index is -0.333. The Morgan fingerprint density at radius 3 is 2.70 bits per heavy atom. The van der Waals surface area contributed by atoms with E-state index in [4.69, 9.17) is 10.5 Å². The summed E-state index contributed by atoms with van der Waals surface area (Å²) in [6.07, 6.45) is 0.436. The van der Waals surface area contributed by atoms with E-state index in [9.17, 15) is 4.39 Å². The van der Waals surface area contributed by atoms with Crippen molar-refractivity contribution in [2.24, 2.45) is 5.73 Å². The molecule has 20 heavy (non-hydrogen) atoms. The number of ether oxygens (including phenoxy) is 1. The minimum Gasteiger partial charge on any atom is -0.494 e. The molecule has 1 unspecified atom stereocenters. The van der Waals surface area contributed by atoms with Gasteiger partial charge in [-0.15, -0.1) is 0 Å². The number of nitrogens with two attached hydrogens (primary N) is 1. The molecule has 0 spiro atoms. The molecule has 2 aromatic rings. The standard InChI is InChI=1S/C16H17BrFNO/c1-10-8-12(17)6-7-13(10)14(19)9-11-4-3-5-15(20-2)16(11)18/h3-8,14H,9,19H2,1-2H3. The van der Waals surface area contributed by atoms with E-state index in [1.807, 2.05) is 25.1 Å². The first kappa shape index (κ1) is 15.0. The van der Waals surface area contributed by atoms with Crippen molar-refractivity contribution < 1.29 is 9.13 Å². The average Bonchev–Trinajstić information content (AvgIpc) is 2.41. The summed E-state index contributed by atoms with van der Waals surface area (Å²) in [6, 6.07) is 10.8. The molecule has 4 heteroatoms. The van der Waals surface area contributed by atoms with Crippen LogP contribution in [0.1, 0.15) is 22.7 Å². The van der Waals surface area contributed by atoms with Crippen LogP contribution < -0.4 is 10.5 Å². The van der Waals surface area contributed by atoms with Gasteiger partial charge in [-0.25, -0.2) is 4.39 Å². The van der Waals surface area contributed by atoms with Gasteiger partial charge in [0.15, 0.2) is 11.6 Å². The van der Waals surface area contributed by atoms with Gasteiger partial charge in [-0.1, -0.05) is 34.1 Å². The Labute approximate surface area is 126 Å². The van der Waals surface area contributed by atoms with Crippen LogP contribution in [0.15, 0.2) is 40.9 Å². The van der Waals surface area contributed by atoms with Gasteiger partial charge in [0.05, 0.1) is 7.11 Å². The first-order valence-electron chi connectivity index (χ1n) is 6.36. The van der Waals surface area contributed by atoms with Crippen molar-refractivity contribution in [3.63, 3.8) is 0 Å². The van der Waals surface area contributed by atoms with Crippen LogP contribution in [-0.4, -0.2) is 7.11 Å². The highest BCUT2D eigenvalue weighted by Gasteiger charge is 2.15. The van der Waals surface area contributed by atoms with Gasteiger partial charge < -0.3 is 10.5 Å². The van der Waals surface area contributed by atoms with Crippen LogP contribution in [0.25, 0.3) is 0 Å². The molecule has 0 aliphatic heterocycles. The highest BCUT2D eigenvalue weighted by molar-refractivity contribution is 9.10. The SMILES string of the molecule is COc1cccc(CC(N)c2ccc(Br)cc2C)c1F. The van der Waals surface area contributed by atoms with Gasteiger partial charge in [0, 0.05) is 10.5 Å². The Bertz CT molecular complexity index is 615. The molecule has 2 N–H and O–H groups in total. The number of aryl methyl sites for hydroxylation is 1. The summed E-state index contributed by atoms with van der Waals surface area (Å²) in [7, 11) is 1.46. The molecule has 0 aromatic heterocycles. The highest BCUT2D eigenvalue weighted by Crippen LogP contribution is 2.26. The summed E-state index contributed by atoms with van der Waals surface area (Å²) >= 11 is 3.43. The van der Waals surface area contributed by atoms with Crippen molar-refractivity contribution in [1.82, 2.24) is 0 Å². The van der Waals surface area contributed by atoms with Gasteiger partial charge in [-0.3, -0.25) is 0 Å². The number of benzene rings is 2. The summed E-state index contributed by atoms with van der Waals surface area (Å²) in [5.41, 5.74) is 8.90. The molecule has 0 bridgehead atoms. The molecular formula is C16H17BrFNO. The van der Waals surface area contributed by atoms with E-state index in [1.54, 1.807) is 18.2 Å². The maximum absolute atomic E-state index is 14.1. The van der Waals surface area contributed by atoms with Crippen LogP contribution in [0.3, 0.4) is 0 Å². The average molecular weight is 338 g/mol. The molecular weight excluding hydrogens is 321 g/mol. The smallest absolute Gasteiger partial charge is 0.168 e. The third kappa shape index (κ3) is 3.19. The molecule has 1 atom stereocenters. The summed E-state index contributed by atoms with van der Waals surface area (Å²) in [6.45, 7) is 2.00. The Balaban J connectivity index is 2.25. The lowest BCUT2D eigenvalue weighted by Crippen LogP contribution is -2.15. The van der Waals surface area contributed by atoms with E-state index in [0.717, 1.165) is 15.6 Å². The molecule has 2 aromatic carbocycles. The van der Waals surface area contributed by atoms with Crippen LogP contribution >= 0.6 is 15.9 Å². The number of hydrogen-bond acceptors (Lipinski definition) is 2. The highest BCUT2D eigenvalue weighted by atomic mass is 79.9. The van der Waals surface area contributed by atoms with Crippen LogP contribution in [0.2, 0.25) is 0 Å². The van der Waals surface area contributed by atoms with Gasteiger partial charge in [0.25, 0.3) is 0 Å². The summed E-state index contributed by atoms with van der Waals surface area (Å²) < 4.78 is 20.1. The lowest BCUT2D eigenvalue weighted by molar-refractivity contribution is 0.383. The van der Waals surface area contributed by atoms with Crippen molar-refractivity contribution in [2.75, 3.05) is 7.11 Å². The quantitative estimate of drug-likeness (QED) is 0.909. The summed E-state index contributed by atoms with van der Waals surface area (Å²) in [5, 5.41) is 0. The van der Waals surface area contributed by atoms with Crippen LogP contribution in [-0.2, 0) is 6.42 Å². The third-order valence-electron chi connectivity index (χ3n) is 3.33. The molecule has 0 heterocycles. The fraction of sp³-hybridized carbons (Fsp3) is 0.250. The van der Waals surface area contributed by atoms with Crippen molar-refractivity contribution in [2.45, 2.75) is 19.4 Å². The second-order valence-electron chi connectivity index (χ2n) is 4.74. The monoisotopic (exact) mass is 337 g/mol. The van der Waals surface area contributed by atoms with E-state index in [1.165, 1.54) is 7.11 Å². The van der Waals surface area contributed by atoms with E-state index in [-0.39, 0.29) is 17.6 Å². The van der Waals surface area contributed by atoms with Crippen molar-refractivity contribution in [3.8, 4) is 5.75 Å². The largest absolute Gasteiger partial charge is 0.494 e. The normalized spacial score (nSPS) is 12.2. The van der Waals surface area contributed by atoms with E-state index >= 15 is 0 Å². The number of methoxy groups -OCH3 is 1. The molecule has 0 saturated heterocycles. The molecule has 0 saturated carbocycles. The van der Waals surface area contributed by atoms with Crippen molar-refractivity contribution in [3.05, 3.63) is 63.4 Å². The molecule has 106 valence electrons. The lowest BCUT2D eigenvalue weighted by Gasteiger charge is -2.16. The fourth-order valence-corrected chi connectivity index (χ4v) is 2.75. The van der Waals surface area contributed by atoms with Gasteiger partial charge in [-0.05, 0) is 48.2 Å². The summed E-state index contributed by atoms with van der Waals surface area (Å²) in [4.78, 5) is 0. The molecule has 2 rings (SSSR count). The van der Waals surface area contributed by atoms with Gasteiger partial charge in [0.2, 0.25) is 0 Å². The molecule has 0 fully saturated rings.